The average Bonchev–Trinajstić information content (AvgIpc) is 2.30. The van der Waals surface area contributed by atoms with Crippen LogP contribution >= 0.6 is 0 Å². The van der Waals surface area contributed by atoms with E-state index in [1.165, 1.54) is 5.56 Å². The quantitative estimate of drug-likeness (QED) is 0.535. The summed E-state index contributed by atoms with van der Waals surface area (Å²) in [7, 11) is 0. The smallest absolute Gasteiger partial charge is 0.130 e. The third-order valence-corrected chi connectivity index (χ3v) is 2.64. The van der Waals surface area contributed by atoms with E-state index in [9.17, 15) is 0 Å². The largest absolute Gasteiger partial charge is 0.461 e. The van der Waals surface area contributed by atoms with Crippen molar-refractivity contribution in [1.29, 1.82) is 0 Å². The Hall–Kier alpha value is -1.76. The van der Waals surface area contributed by atoms with Gasteiger partial charge in [0.25, 0.3) is 0 Å². The monoisotopic (exact) mass is 228 g/mol. The maximum absolute atomic E-state index is 5.88. The van der Waals surface area contributed by atoms with Gasteiger partial charge in [0.15, 0.2) is 0 Å². The summed E-state index contributed by atoms with van der Waals surface area (Å²) in [5.41, 5.74) is 3.46. The Balaban J connectivity index is 2.94. The lowest BCUT2D eigenvalue weighted by atomic mass is 10.1. The number of ether oxygens (including phenoxy) is 1. The molecule has 0 aliphatic rings. The van der Waals surface area contributed by atoms with Crippen molar-refractivity contribution in [2.45, 2.75) is 27.7 Å². The van der Waals surface area contributed by atoms with Crippen molar-refractivity contribution in [2.75, 3.05) is 0 Å². The van der Waals surface area contributed by atoms with Gasteiger partial charge >= 0.3 is 0 Å². The Morgan fingerprint density at radius 3 is 2.59 bits per heavy atom. The summed E-state index contributed by atoms with van der Waals surface area (Å²) < 4.78 is 5.88. The highest BCUT2D eigenvalue weighted by Gasteiger charge is 2.02. The van der Waals surface area contributed by atoms with Gasteiger partial charge in [-0.05, 0) is 50.5 Å². The van der Waals surface area contributed by atoms with Crippen LogP contribution in [-0.4, -0.2) is 0 Å². The van der Waals surface area contributed by atoms with Gasteiger partial charge in [0, 0.05) is 0 Å². The molecule has 0 heterocycles. The maximum Gasteiger partial charge on any atom is 0.130 e. The van der Waals surface area contributed by atoms with Crippen molar-refractivity contribution in [3.63, 3.8) is 0 Å². The topological polar surface area (TPSA) is 9.23 Å². The van der Waals surface area contributed by atoms with Crippen molar-refractivity contribution in [1.82, 2.24) is 0 Å². The first kappa shape index (κ1) is 13.3. The molecule has 1 heteroatoms. The Bertz CT molecular complexity index is 464. The third kappa shape index (κ3) is 3.95. The molecular weight excluding hydrogens is 208 g/mol. The Morgan fingerprint density at radius 2 is 1.94 bits per heavy atom. The Kier molecular flexibility index (Phi) is 4.77. The minimum Gasteiger partial charge on any atom is -0.461 e. The van der Waals surface area contributed by atoms with Crippen molar-refractivity contribution in [3.8, 4) is 5.75 Å². The highest BCUT2D eigenvalue weighted by Crippen LogP contribution is 2.22. The molecule has 0 saturated carbocycles. The number of allylic oxidation sites excluding steroid dienone is 5. The summed E-state index contributed by atoms with van der Waals surface area (Å²) >= 11 is 0. The van der Waals surface area contributed by atoms with Gasteiger partial charge < -0.3 is 4.74 Å². The van der Waals surface area contributed by atoms with Gasteiger partial charge in [0.2, 0.25) is 0 Å². The fourth-order valence-corrected chi connectivity index (χ4v) is 1.39. The van der Waals surface area contributed by atoms with Crippen LogP contribution in [0, 0.1) is 13.8 Å². The lowest BCUT2D eigenvalue weighted by Gasteiger charge is -2.11. The molecule has 17 heavy (non-hydrogen) atoms. The second kappa shape index (κ2) is 6.09. The first-order valence-electron chi connectivity index (χ1n) is 5.76. The average molecular weight is 228 g/mol. The minimum absolute atomic E-state index is 0.914. The van der Waals surface area contributed by atoms with Gasteiger partial charge in [0.05, 0.1) is 0 Å². The van der Waals surface area contributed by atoms with Crippen LogP contribution in [0.1, 0.15) is 25.0 Å². The molecule has 1 aromatic carbocycles. The van der Waals surface area contributed by atoms with Crippen LogP contribution in [0.2, 0.25) is 0 Å². The number of hydrogen-bond acceptors (Lipinski definition) is 1. The van der Waals surface area contributed by atoms with E-state index in [0.717, 1.165) is 22.6 Å². The number of rotatable bonds is 4. The van der Waals surface area contributed by atoms with Gasteiger partial charge in [0.1, 0.15) is 11.5 Å². The zero-order chi connectivity index (χ0) is 12.8. The molecule has 0 N–H and O–H groups in total. The second-order valence-electron chi connectivity index (χ2n) is 4.21. The van der Waals surface area contributed by atoms with Gasteiger partial charge in [-0.15, -0.1) is 0 Å². The van der Waals surface area contributed by atoms with E-state index in [-0.39, 0.29) is 0 Å². The van der Waals surface area contributed by atoms with Crippen molar-refractivity contribution >= 4 is 0 Å². The van der Waals surface area contributed by atoms with Crippen LogP contribution in [0.15, 0.2) is 54.3 Å². The lowest BCUT2D eigenvalue weighted by Crippen LogP contribution is -1.96. The number of hydrogen-bond donors (Lipinski definition) is 0. The summed E-state index contributed by atoms with van der Waals surface area (Å²) in [6, 6.07) is 6.22. The normalized spacial score (nSPS) is 12.5. The first-order chi connectivity index (χ1) is 8.04. The van der Waals surface area contributed by atoms with Crippen LogP contribution in [-0.2, 0) is 0 Å². The lowest BCUT2D eigenvalue weighted by molar-refractivity contribution is 0.420. The number of benzene rings is 1. The van der Waals surface area contributed by atoms with Gasteiger partial charge in [-0.2, -0.15) is 0 Å². The van der Waals surface area contributed by atoms with E-state index in [4.69, 9.17) is 4.74 Å². The van der Waals surface area contributed by atoms with E-state index in [0.29, 0.717) is 0 Å². The van der Waals surface area contributed by atoms with E-state index >= 15 is 0 Å². The zero-order valence-corrected chi connectivity index (χ0v) is 11.1. The molecule has 0 atom stereocenters. The third-order valence-electron chi connectivity index (χ3n) is 2.64. The van der Waals surface area contributed by atoms with E-state index < -0.39 is 0 Å². The maximum atomic E-state index is 5.88. The Labute approximate surface area is 104 Å². The van der Waals surface area contributed by atoms with E-state index in [1.807, 2.05) is 26.0 Å². The van der Waals surface area contributed by atoms with Crippen molar-refractivity contribution < 1.29 is 4.74 Å². The SMILES string of the molecule is C=C/C=C\C(C)=C(/C)Oc1cc(C)ccc1C. The molecule has 0 aromatic heterocycles. The molecule has 0 aliphatic heterocycles. The van der Waals surface area contributed by atoms with Gasteiger partial charge in [-0.1, -0.05) is 36.9 Å². The van der Waals surface area contributed by atoms with Gasteiger partial charge in [-0.25, -0.2) is 0 Å². The van der Waals surface area contributed by atoms with Crippen molar-refractivity contribution in [3.05, 3.63) is 65.5 Å². The molecule has 1 rings (SSSR count). The molecule has 0 amide bonds. The summed E-state index contributed by atoms with van der Waals surface area (Å²) in [5.74, 6) is 1.84. The number of aryl methyl sites for hydroxylation is 2. The Morgan fingerprint density at radius 1 is 1.24 bits per heavy atom. The minimum atomic E-state index is 0.914. The summed E-state index contributed by atoms with van der Waals surface area (Å²) in [4.78, 5) is 0. The van der Waals surface area contributed by atoms with E-state index in [1.54, 1.807) is 6.08 Å². The van der Waals surface area contributed by atoms with Crippen LogP contribution in [0.3, 0.4) is 0 Å². The van der Waals surface area contributed by atoms with Gasteiger partial charge in [-0.3, -0.25) is 0 Å². The molecule has 0 radical (unpaired) electrons. The highest BCUT2D eigenvalue weighted by molar-refractivity contribution is 5.38. The molecular formula is C16H20O. The van der Waals surface area contributed by atoms with Crippen molar-refractivity contribution in [2.24, 2.45) is 0 Å². The molecule has 1 aromatic rings. The van der Waals surface area contributed by atoms with Crippen LogP contribution in [0.5, 0.6) is 5.75 Å². The molecule has 0 saturated heterocycles. The summed E-state index contributed by atoms with van der Waals surface area (Å²) in [6.45, 7) is 11.8. The van der Waals surface area contributed by atoms with Crippen LogP contribution < -0.4 is 4.74 Å². The molecule has 0 fully saturated rings. The van der Waals surface area contributed by atoms with Crippen LogP contribution in [0.25, 0.3) is 0 Å². The predicted octanol–water partition coefficient (Wildman–Crippen LogP) is 4.72. The zero-order valence-electron chi connectivity index (χ0n) is 11.1. The molecule has 0 unspecified atom stereocenters. The van der Waals surface area contributed by atoms with Crippen LogP contribution in [0.4, 0.5) is 0 Å². The summed E-state index contributed by atoms with van der Waals surface area (Å²) in [6.07, 6.45) is 5.66. The molecule has 0 spiro atoms. The highest BCUT2D eigenvalue weighted by atomic mass is 16.5. The second-order valence-corrected chi connectivity index (χ2v) is 4.21. The predicted molar refractivity (Wildman–Crippen MR) is 74.3 cm³/mol. The van der Waals surface area contributed by atoms with E-state index in [2.05, 4.69) is 38.6 Å². The fourth-order valence-electron chi connectivity index (χ4n) is 1.39. The molecule has 90 valence electrons. The molecule has 1 nitrogen and oxygen atoms in total. The first-order valence-corrected chi connectivity index (χ1v) is 5.76. The summed E-state index contributed by atoms with van der Waals surface area (Å²) in [5, 5.41) is 0. The fraction of sp³-hybridized carbons (Fsp3) is 0.250. The molecule has 0 aliphatic carbocycles. The standard InChI is InChI=1S/C16H20O/c1-6-7-8-13(3)15(5)17-16-11-12(2)9-10-14(16)4/h6-11H,1H2,2-5H3/b8-7-,15-13+. The molecule has 0 bridgehead atoms.